The molecule has 2 aromatic rings. The number of aryl methyl sites for hydroxylation is 1. The third-order valence-electron chi connectivity index (χ3n) is 3.71. The highest BCUT2D eigenvalue weighted by molar-refractivity contribution is 8.00. The first-order valence-corrected chi connectivity index (χ1v) is 7.97. The molecule has 3 nitrogen and oxygen atoms in total. The number of amides is 1. The quantitative estimate of drug-likeness (QED) is 0.823. The van der Waals surface area contributed by atoms with Crippen LogP contribution in [-0.2, 0) is 6.42 Å². The number of nitrogens with one attached hydrogen (secondary N) is 1. The van der Waals surface area contributed by atoms with Crippen molar-refractivity contribution in [2.24, 2.45) is 0 Å². The molecule has 7 heteroatoms. The van der Waals surface area contributed by atoms with E-state index in [4.69, 9.17) is 4.42 Å². The Morgan fingerprint density at radius 2 is 2.04 bits per heavy atom. The maximum atomic E-state index is 12.6. The lowest BCUT2D eigenvalue weighted by Crippen LogP contribution is -2.30. The van der Waals surface area contributed by atoms with E-state index in [0.717, 1.165) is 30.6 Å². The monoisotopic (exact) mass is 341 g/mol. The number of thioether (sulfide) groups is 1. The van der Waals surface area contributed by atoms with Crippen molar-refractivity contribution in [2.45, 2.75) is 35.7 Å². The van der Waals surface area contributed by atoms with Crippen molar-refractivity contribution in [3.05, 3.63) is 53.5 Å². The van der Waals surface area contributed by atoms with Gasteiger partial charge in [0, 0.05) is 16.9 Å². The zero-order valence-electron chi connectivity index (χ0n) is 12.0. The Labute approximate surface area is 135 Å². The van der Waals surface area contributed by atoms with Gasteiger partial charge in [-0.05, 0) is 42.8 Å². The Balaban J connectivity index is 1.80. The number of furan rings is 1. The van der Waals surface area contributed by atoms with E-state index in [1.165, 1.54) is 18.2 Å². The number of alkyl halides is 3. The number of hydrogen-bond donors (Lipinski definition) is 1. The van der Waals surface area contributed by atoms with Gasteiger partial charge in [0.05, 0.1) is 17.9 Å². The average Bonchev–Trinajstić information content (AvgIpc) is 2.95. The van der Waals surface area contributed by atoms with Crippen LogP contribution in [0.5, 0.6) is 0 Å². The molecular weight excluding hydrogens is 327 g/mol. The van der Waals surface area contributed by atoms with Crippen molar-refractivity contribution in [1.82, 2.24) is 5.32 Å². The Hall–Kier alpha value is -1.89. The summed E-state index contributed by atoms with van der Waals surface area (Å²) in [6.45, 7) is 0. The number of carbonyl (C=O) groups is 1. The van der Waals surface area contributed by atoms with Crippen LogP contribution in [0.1, 0.15) is 40.6 Å². The fourth-order valence-electron chi connectivity index (χ4n) is 2.74. The first-order chi connectivity index (χ1) is 10.9. The zero-order chi connectivity index (χ0) is 16.4. The Morgan fingerprint density at radius 3 is 2.83 bits per heavy atom. The minimum atomic E-state index is -4.43. The van der Waals surface area contributed by atoms with Crippen LogP contribution in [0.15, 0.2) is 45.9 Å². The fourth-order valence-corrected chi connectivity index (χ4v) is 3.41. The minimum absolute atomic E-state index is 0.0328. The van der Waals surface area contributed by atoms with Crippen LogP contribution in [0.3, 0.4) is 0 Å². The summed E-state index contributed by atoms with van der Waals surface area (Å²) in [6, 6.07) is 7.32. The summed E-state index contributed by atoms with van der Waals surface area (Å²) in [7, 11) is 0. The topological polar surface area (TPSA) is 42.2 Å². The first-order valence-electron chi connectivity index (χ1n) is 7.16. The molecule has 1 aliphatic carbocycles. The van der Waals surface area contributed by atoms with Crippen molar-refractivity contribution in [1.29, 1.82) is 0 Å². The average molecular weight is 341 g/mol. The molecule has 0 bridgehead atoms. The molecule has 1 aromatic heterocycles. The van der Waals surface area contributed by atoms with Gasteiger partial charge in [-0.1, -0.05) is 12.1 Å². The lowest BCUT2D eigenvalue weighted by molar-refractivity contribution is -0.0328. The summed E-state index contributed by atoms with van der Waals surface area (Å²) in [5, 5.41) is 2.82. The van der Waals surface area contributed by atoms with Crippen LogP contribution in [0, 0.1) is 0 Å². The summed E-state index contributed by atoms with van der Waals surface area (Å²) >= 11 is -0.274. The molecule has 122 valence electrons. The molecule has 1 heterocycles. The van der Waals surface area contributed by atoms with E-state index in [-0.39, 0.29) is 28.3 Å². The van der Waals surface area contributed by atoms with Crippen molar-refractivity contribution < 1.29 is 22.4 Å². The number of carbonyl (C=O) groups excluding carboxylic acids is 1. The van der Waals surface area contributed by atoms with E-state index >= 15 is 0 Å². The summed E-state index contributed by atoms with van der Waals surface area (Å²) < 4.78 is 43.2. The standard InChI is InChI=1S/C16H14F3NO2S/c17-16(18,19)23-14-7-2-1-4-11(14)15(21)20-12-5-3-6-13-10(12)8-9-22-13/h1-2,4,7-9,12H,3,5-6H2,(H,20,21). The van der Waals surface area contributed by atoms with Gasteiger partial charge in [0.2, 0.25) is 0 Å². The van der Waals surface area contributed by atoms with E-state index in [1.54, 1.807) is 18.4 Å². The Bertz CT molecular complexity index is 711. The Morgan fingerprint density at radius 1 is 1.26 bits per heavy atom. The normalized spacial score (nSPS) is 17.6. The molecule has 1 amide bonds. The maximum Gasteiger partial charge on any atom is 0.446 e. The number of rotatable bonds is 3. The number of fused-ring (bicyclic) bond motifs is 1. The van der Waals surface area contributed by atoms with E-state index in [0.29, 0.717) is 0 Å². The van der Waals surface area contributed by atoms with Gasteiger partial charge in [-0.2, -0.15) is 13.2 Å². The molecular formula is C16H14F3NO2S. The van der Waals surface area contributed by atoms with Gasteiger partial charge in [-0.3, -0.25) is 4.79 Å². The maximum absolute atomic E-state index is 12.6. The smallest absolute Gasteiger partial charge is 0.446 e. The van der Waals surface area contributed by atoms with Crippen LogP contribution in [0.4, 0.5) is 13.2 Å². The van der Waals surface area contributed by atoms with Crippen molar-refractivity contribution >= 4 is 17.7 Å². The minimum Gasteiger partial charge on any atom is -0.469 e. The van der Waals surface area contributed by atoms with E-state index in [1.807, 2.05) is 0 Å². The second-order valence-corrected chi connectivity index (χ2v) is 6.37. The highest BCUT2D eigenvalue weighted by atomic mass is 32.2. The molecule has 0 aliphatic heterocycles. The second-order valence-electron chi connectivity index (χ2n) is 5.26. The summed E-state index contributed by atoms with van der Waals surface area (Å²) in [5.41, 5.74) is -3.49. The molecule has 0 radical (unpaired) electrons. The summed E-state index contributed by atoms with van der Waals surface area (Å²) in [4.78, 5) is 12.3. The molecule has 23 heavy (non-hydrogen) atoms. The number of hydrogen-bond acceptors (Lipinski definition) is 3. The fraction of sp³-hybridized carbons (Fsp3) is 0.312. The molecule has 1 N–H and O–H groups in total. The third kappa shape index (κ3) is 3.72. The van der Waals surface area contributed by atoms with Gasteiger partial charge >= 0.3 is 5.51 Å². The molecule has 1 aromatic carbocycles. The zero-order valence-corrected chi connectivity index (χ0v) is 12.8. The lowest BCUT2D eigenvalue weighted by Gasteiger charge is -2.23. The van der Waals surface area contributed by atoms with Gasteiger partial charge in [0.15, 0.2) is 0 Å². The van der Waals surface area contributed by atoms with Gasteiger partial charge in [-0.25, -0.2) is 0 Å². The second kappa shape index (κ2) is 6.31. The van der Waals surface area contributed by atoms with Crippen molar-refractivity contribution in [3.63, 3.8) is 0 Å². The van der Waals surface area contributed by atoms with Crippen LogP contribution >= 0.6 is 11.8 Å². The summed E-state index contributed by atoms with van der Waals surface area (Å²) in [5.74, 6) is 0.330. The molecule has 0 saturated heterocycles. The van der Waals surface area contributed by atoms with E-state index in [9.17, 15) is 18.0 Å². The SMILES string of the molecule is O=C(NC1CCCc2occc21)c1ccccc1SC(F)(F)F. The van der Waals surface area contributed by atoms with Crippen LogP contribution in [0.2, 0.25) is 0 Å². The van der Waals surface area contributed by atoms with Crippen LogP contribution in [-0.4, -0.2) is 11.4 Å². The van der Waals surface area contributed by atoms with Gasteiger partial charge < -0.3 is 9.73 Å². The highest BCUT2D eigenvalue weighted by Gasteiger charge is 2.32. The molecule has 1 aliphatic rings. The van der Waals surface area contributed by atoms with Gasteiger partial charge in [0.1, 0.15) is 5.76 Å². The van der Waals surface area contributed by atoms with Crippen molar-refractivity contribution in [3.8, 4) is 0 Å². The molecule has 0 spiro atoms. The van der Waals surface area contributed by atoms with Crippen molar-refractivity contribution in [2.75, 3.05) is 0 Å². The highest BCUT2D eigenvalue weighted by Crippen LogP contribution is 2.39. The predicted molar refractivity (Wildman–Crippen MR) is 80.2 cm³/mol. The first kappa shape index (κ1) is 16.0. The Kier molecular flexibility index (Phi) is 4.39. The molecule has 0 fully saturated rings. The lowest BCUT2D eigenvalue weighted by atomic mass is 9.93. The van der Waals surface area contributed by atoms with Gasteiger partial charge in [0.25, 0.3) is 5.91 Å². The largest absolute Gasteiger partial charge is 0.469 e. The van der Waals surface area contributed by atoms with E-state index < -0.39 is 11.4 Å². The van der Waals surface area contributed by atoms with Crippen LogP contribution in [0.25, 0.3) is 0 Å². The molecule has 1 unspecified atom stereocenters. The molecule has 1 atom stereocenters. The van der Waals surface area contributed by atoms with E-state index in [2.05, 4.69) is 5.32 Å². The molecule has 0 saturated carbocycles. The van der Waals surface area contributed by atoms with Crippen LogP contribution < -0.4 is 5.32 Å². The summed E-state index contributed by atoms with van der Waals surface area (Å²) in [6.07, 6.45) is 4.00. The molecule has 3 rings (SSSR count). The number of benzene rings is 1. The number of halogens is 3. The van der Waals surface area contributed by atoms with Gasteiger partial charge in [-0.15, -0.1) is 0 Å². The third-order valence-corrected chi connectivity index (χ3v) is 4.52. The predicted octanol–water partition coefficient (Wildman–Crippen LogP) is 4.70.